The highest BCUT2D eigenvalue weighted by atomic mass is 27.0. The molecule has 0 saturated heterocycles. The number of carbonyl (C=O) groups is 2. The summed E-state index contributed by atoms with van der Waals surface area (Å²) in [5, 5.41) is 0. The third kappa shape index (κ3) is 19.5. The normalized spacial score (nSPS) is 10.1. The molecule has 0 radical (unpaired) electrons. The van der Waals surface area contributed by atoms with Crippen molar-refractivity contribution in [1.82, 2.24) is 0 Å². The van der Waals surface area contributed by atoms with Crippen LogP contribution in [0.3, 0.4) is 0 Å². The second-order valence-corrected chi connectivity index (χ2v) is 6.15. The van der Waals surface area contributed by atoms with E-state index < -0.39 is 11.9 Å². The number of hydrogen-bond acceptors (Lipinski definition) is 4. The highest BCUT2D eigenvalue weighted by Gasteiger charge is 2.11. The summed E-state index contributed by atoms with van der Waals surface area (Å²) in [6.45, 7) is 5.20. The lowest BCUT2D eigenvalue weighted by atomic mass is 10.1. The molecule has 0 aliphatic rings. The SMILES string of the molecule is CCCCCCCCOC(=O)CC(=O)OCCCCCCCC.[AlH3]. The third-order valence-electron chi connectivity index (χ3n) is 3.81. The fraction of sp³-hybridized carbons (Fsp3) is 0.895. The number of rotatable bonds is 16. The van der Waals surface area contributed by atoms with Crippen molar-refractivity contribution in [3.05, 3.63) is 0 Å². The van der Waals surface area contributed by atoms with E-state index in [2.05, 4.69) is 13.8 Å². The molecule has 0 bridgehead atoms. The summed E-state index contributed by atoms with van der Waals surface area (Å²) in [6.07, 6.45) is 13.5. The van der Waals surface area contributed by atoms with Crippen molar-refractivity contribution in [3.63, 3.8) is 0 Å². The van der Waals surface area contributed by atoms with Crippen LogP contribution in [0.15, 0.2) is 0 Å². The number of esters is 2. The van der Waals surface area contributed by atoms with Crippen molar-refractivity contribution in [2.24, 2.45) is 0 Å². The zero-order valence-corrected chi connectivity index (χ0v) is 15.2. The summed E-state index contributed by atoms with van der Waals surface area (Å²) in [5.74, 6) is -0.932. The molecular weight excluding hydrogens is 319 g/mol. The Kier molecular flexibility index (Phi) is 22.0. The van der Waals surface area contributed by atoms with E-state index in [1.807, 2.05) is 0 Å². The van der Waals surface area contributed by atoms with Crippen LogP contribution in [0.1, 0.15) is 97.3 Å². The van der Waals surface area contributed by atoms with Crippen LogP contribution in [0.4, 0.5) is 0 Å². The Morgan fingerprint density at radius 2 is 0.917 bits per heavy atom. The lowest BCUT2D eigenvalue weighted by molar-refractivity contribution is -0.154. The minimum Gasteiger partial charge on any atom is -0.465 e. The summed E-state index contributed by atoms with van der Waals surface area (Å²) in [4.78, 5) is 22.9. The molecule has 24 heavy (non-hydrogen) atoms. The molecule has 0 atom stereocenters. The molecule has 0 heterocycles. The first-order chi connectivity index (χ1) is 11.2. The van der Waals surface area contributed by atoms with E-state index in [-0.39, 0.29) is 23.8 Å². The molecule has 0 N–H and O–H groups in total. The Morgan fingerprint density at radius 1 is 0.583 bits per heavy atom. The molecule has 4 nitrogen and oxygen atoms in total. The van der Waals surface area contributed by atoms with Gasteiger partial charge in [0.2, 0.25) is 0 Å². The minimum absolute atomic E-state index is 0. The fourth-order valence-electron chi connectivity index (χ4n) is 2.36. The predicted octanol–water partition coefficient (Wildman–Crippen LogP) is 4.00. The Hall–Kier alpha value is -0.528. The van der Waals surface area contributed by atoms with Gasteiger partial charge in [-0.25, -0.2) is 0 Å². The zero-order chi connectivity index (χ0) is 17.2. The van der Waals surface area contributed by atoms with Crippen LogP contribution in [-0.2, 0) is 19.1 Å². The average molecular weight is 358 g/mol. The van der Waals surface area contributed by atoms with Gasteiger partial charge in [0.25, 0.3) is 0 Å². The number of hydrogen-bond donors (Lipinski definition) is 0. The minimum atomic E-state index is -0.466. The van der Waals surface area contributed by atoms with Gasteiger partial charge in [-0.05, 0) is 12.8 Å². The lowest BCUT2D eigenvalue weighted by Crippen LogP contribution is -2.15. The summed E-state index contributed by atoms with van der Waals surface area (Å²) < 4.78 is 10.1. The Bertz CT molecular complexity index is 267. The number of ether oxygens (including phenoxy) is 2. The van der Waals surface area contributed by atoms with Gasteiger partial charge < -0.3 is 9.47 Å². The van der Waals surface area contributed by atoms with Crippen molar-refractivity contribution >= 4 is 29.3 Å². The van der Waals surface area contributed by atoms with Gasteiger partial charge in [0, 0.05) is 0 Å². The van der Waals surface area contributed by atoms with E-state index >= 15 is 0 Å². The van der Waals surface area contributed by atoms with Gasteiger partial charge in [0.1, 0.15) is 6.42 Å². The van der Waals surface area contributed by atoms with E-state index in [1.54, 1.807) is 0 Å². The van der Waals surface area contributed by atoms with Crippen molar-refractivity contribution in [3.8, 4) is 0 Å². The molecule has 0 amide bonds. The first-order valence-electron chi connectivity index (χ1n) is 9.52. The van der Waals surface area contributed by atoms with Crippen molar-refractivity contribution in [2.75, 3.05) is 13.2 Å². The standard InChI is InChI=1S/C19H36O4.Al.3H/c1-3-5-7-9-11-13-15-22-18(20)17-19(21)23-16-14-12-10-8-6-4-2;;;;/h3-17H2,1-2H3;;;;. The van der Waals surface area contributed by atoms with Gasteiger partial charge in [-0.2, -0.15) is 0 Å². The summed E-state index contributed by atoms with van der Waals surface area (Å²) in [7, 11) is 0. The molecule has 0 aromatic carbocycles. The number of carbonyl (C=O) groups excluding carboxylic acids is 2. The molecule has 0 spiro atoms. The molecule has 0 unspecified atom stereocenters. The van der Waals surface area contributed by atoms with Crippen molar-refractivity contribution < 1.29 is 19.1 Å². The molecule has 142 valence electrons. The van der Waals surface area contributed by atoms with Crippen molar-refractivity contribution in [1.29, 1.82) is 0 Å². The van der Waals surface area contributed by atoms with Crippen LogP contribution in [0.25, 0.3) is 0 Å². The predicted molar refractivity (Wildman–Crippen MR) is 103 cm³/mol. The summed E-state index contributed by atoms with van der Waals surface area (Å²) in [5.41, 5.74) is 0. The largest absolute Gasteiger partial charge is 0.465 e. The monoisotopic (exact) mass is 358 g/mol. The highest BCUT2D eigenvalue weighted by Crippen LogP contribution is 2.06. The van der Waals surface area contributed by atoms with Gasteiger partial charge in [0.15, 0.2) is 17.4 Å². The maximum atomic E-state index is 11.5. The van der Waals surface area contributed by atoms with E-state index in [9.17, 15) is 9.59 Å². The molecule has 0 aliphatic heterocycles. The van der Waals surface area contributed by atoms with Gasteiger partial charge >= 0.3 is 11.9 Å². The van der Waals surface area contributed by atoms with Crippen LogP contribution < -0.4 is 0 Å². The molecular formula is C19H39AlO4. The molecule has 0 fully saturated rings. The van der Waals surface area contributed by atoms with Gasteiger partial charge in [-0.3, -0.25) is 9.59 Å². The van der Waals surface area contributed by atoms with E-state index in [1.165, 1.54) is 51.4 Å². The maximum absolute atomic E-state index is 11.5. The molecule has 5 heteroatoms. The van der Waals surface area contributed by atoms with E-state index in [0.29, 0.717) is 13.2 Å². The summed E-state index contributed by atoms with van der Waals surface area (Å²) in [6, 6.07) is 0. The third-order valence-corrected chi connectivity index (χ3v) is 3.81. The van der Waals surface area contributed by atoms with Crippen molar-refractivity contribution in [2.45, 2.75) is 97.3 Å². The molecule has 0 rings (SSSR count). The Morgan fingerprint density at radius 3 is 1.29 bits per heavy atom. The van der Waals surface area contributed by atoms with E-state index in [0.717, 1.165) is 25.7 Å². The smallest absolute Gasteiger partial charge is 0.317 e. The lowest BCUT2D eigenvalue weighted by Gasteiger charge is -2.06. The Labute approximate surface area is 159 Å². The first kappa shape index (κ1) is 25.7. The summed E-state index contributed by atoms with van der Waals surface area (Å²) >= 11 is 0. The van der Waals surface area contributed by atoms with E-state index in [4.69, 9.17) is 9.47 Å². The highest BCUT2D eigenvalue weighted by molar-refractivity contribution is 5.91. The second-order valence-electron chi connectivity index (χ2n) is 6.15. The van der Waals surface area contributed by atoms with Crippen LogP contribution in [0.2, 0.25) is 0 Å². The van der Waals surface area contributed by atoms with Crippen LogP contribution in [0.5, 0.6) is 0 Å². The zero-order valence-electron chi connectivity index (χ0n) is 15.2. The van der Waals surface area contributed by atoms with Crippen LogP contribution in [0, 0.1) is 0 Å². The fourth-order valence-corrected chi connectivity index (χ4v) is 2.36. The van der Waals surface area contributed by atoms with Gasteiger partial charge in [0.05, 0.1) is 13.2 Å². The molecule has 0 aromatic heterocycles. The second kappa shape index (κ2) is 20.5. The first-order valence-corrected chi connectivity index (χ1v) is 9.52. The van der Waals surface area contributed by atoms with Gasteiger partial charge in [-0.15, -0.1) is 0 Å². The maximum Gasteiger partial charge on any atom is 0.317 e. The van der Waals surface area contributed by atoms with Gasteiger partial charge in [-0.1, -0.05) is 78.1 Å². The average Bonchev–Trinajstić information content (AvgIpc) is 2.53. The van der Waals surface area contributed by atoms with Crippen LogP contribution in [-0.4, -0.2) is 42.5 Å². The molecule has 0 aliphatic carbocycles. The van der Waals surface area contributed by atoms with Crippen LogP contribution >= 0.6 is 0 Å². The molecule has 0 saturated carbocycles. The topological polar surface area (TPSA) is 52.6 Å². The number of unbranched alkanes of at least 4 members (excludes halogenated alkanes) is 10. The molecule has 0 aromatic rings. The Balaban J connectivity index is 0. The quantitative estimate of drug-likeness (QED) is 0.181.